The average Bonchev–Trinajstić information content (AvgIpc) is 2.61. The standard InChI is InChI=1S/C19H31N3OS/c1-2-3-4-6-17-7-9-18(10-8-17)21-19(24)20-11-5-12-22-13-15-23-16-14-22/h7-10H,2-6,11-16H2,1H3,(H2,20,21,24). The molecule has 0 radical (unpaired) electrons. The highest BCUT2D eigenvalue weighted by Gasteiger charge is 2.09. The number of nitrogens with zero attached hydrogens (tertiary/aromatic N) is 1. The molecule has 4 nitrogen and oxygen atoms in total. The first-order valence-electron chi connectivity index (χ1n) is 9.22. The Bertz CT molecular complexity index is 472. The molecule has 1 heterocycles. The van der Waals surface area contributed by atoms with Crippen molar-refractivity contribution in [3.05, 3.63) is 29.8 Å². The first-order valence-corrected chi connectivity index (χ1v) is 9.62. The van der Waals surface area contributed by atoms with Crippen LogP contribution in [0.25, 0.3) is 0 Å². The molecule has 0 aromatic heterocycles. The van der Waals surface area contributed by atoms with Gasteiger partial charge in [0, 0.05) is 25.3 Å². The van der Waals surface area contributed by atoms with Crippen LogP contribution in [0.15, 0.2) is 24.3 Å². The summed E-state index contributed by atoms with van der Waals surface area (Å²) in [6.45, 7) is 8.07. The van der Waals surface area contributed by atoms with Crippen molar-refractivity contribution in [1.82, 2.24) is 10.2 Å². The van der Waals surface area contributed by atoms with Gasteiger partial charge in [0.25, 0.3) is 0 Å². The van der Waals surface area contributed by atoms with E-state index in [1.165, 1.54) is 31.2 Å². The summed E-state index contributed by atoms with van der Waals surface area (Å²) in [5.41, 5.74) is 2.46. The first-order chi connectivity index (χ1) is 11.8. The second kappa shape index (κ2) is 11.4. The van der Waals surface area contributed by atoms with Crippen molar-refractivity contribution in [1.29, 1.82) is 0 Å². The van der Waals surface area contributed by atoms with Gasteiger partial charge in [-0.05, 0) is 55.7 Å². The largest absolute Gasteiger partial charge is 0.379 e. The number of thiocarbonyl (C=S) groups is 1. The molecule has 24 heavy (non-hydrogen) atoms. The van der Waals surface area contributed by atoms with Gasteiger partial charge in [-0.2, -0.15) is 0 Å². The Hall–Kier alpha value is -1.17. The van der Waals surface area contributed by atoms with Crippen LogP contribution in [0.4, 0.5) is 5.69 Å². The van der Waals surface area contributed by atoms with Crippen molar-refractivity contribution < 1.29 is 4.74 Å². The number of morpholine rings is 1. The molecule has 1 aromatic carbocycles. The van der Waals surface area contributed by atoms with E-state index in [9.17, 15) is 0 Å². The van der Waals surface area contributed by atoms with E-state index in [1.54, 1.807) is 0 Å². The summed E-state index contributed by atoms with van der Waals surface area (Å²) >= 11 is 5.37. The smallest absolute Gasteiger partial charge is 0.170 e. The monoisotopic (exact) mass is 349 g/mol. The highest BCUT2D eigenvalue weighted by Crippen LogP contribution is 2.12. The Morgan fingerprint density at radius 1 is 1.12 bits per heavy atom. The Morgan fingerprint density at radius 3 is 2.58 bits per heavy atom. The highest BCUT2D eigenvalue weighted by atomic mass is 32.1. The van der Waals surface area contributed by atoms with Crippen LogP contribution in [0.1, 0.15) is 38.2 Å². The van der Waals surface area contributed by atoms with Crippen molar-refractivity contribution in [3.8, 4) is 0 Å². The van der Waals surface area contributed by atoms with Crippen molar-refractivity contribution >= 4 is 23.0 Å². The Balaban J connectivity index is 1.59. The molecule has 1 saturated heterocycles. The third kappa shape index (κ3) is 7.60. The minimum absolute atomic E-state index is 0.704. The molecule has 1 aromatic rings. The van der Waals surface area contributed by atoms with Crippen LogP contribution in [0.2, 0.25) is 0 Å². The van der Waals surface area contributed by atoms with Crippen molar-refractivity contribution in [3.63, 3.8) is 0 Å². The van der Waals surface area contributed by atoms with Crippen LogP contribution in [-0.2, 0) is 11.2 Å². The lowest BCUT2D eigenvalue weighted by Gasteiger charge is -2.26. The summed E-state index contributed by atoms with van der Waals surface area (Å²) in [5.74, 6) is 0. The van der Waals surface area contributed by atoms with Gasteiger partial charge < -0.3 is 15.4 Å². The normalized spacial score (nSPS) is 15.2. The molecule has 0 spiro atoms. The van der Waals surface area contributed by atoms with Crippen molar-refractivity contribution in [2.24, 2.45) is 0 Å². The van der Waals surface area contributed by atoms with E-state index in [1.807, 2.05) is 0 Å². The maximum absolute atomic E-state index is 5.37. The van der Waals surface area contributed by atoms with Crippen LogP contribution in [-0.4, -0.2) is 49.4 Å². The van der Waals surface area contributed by atoms with Crippen LogP contribution in [0.5, 0.6) is 0 Å². The van der Waals surface area contributed by atoms with E-state index < -0.39 is 0 Å². The molecule has 0 bridgehead atoms. The minimum atomic E-state index is 0.704. The van der Waals surface area contributed by atoms with E-state index in [0.29, 0.717) is 5.11 Å². The fourth-order valence-electron chi connectivity index (χ4n) is 2.84. The lowest BCUT2D eigenvalue weighted by Crippen LogP contribution is -2.38. The van der Waals surface area contributed by atoms with Gasteiger partial charge in [0.05, 0.1) is 13.2 Å². The number of hydrogen-bond acceptors (Lipinski definition) is 3. The maximum Gasteiger partial charge on any atom is 0.170 e. The van der Waals surface area contributed by atoms with Gasteiger partial charge in [-0.3, -0.25) is 4.90 Å². The zero-order valence-corrected chi connectivity index (χ0v) is 15.7. The molecule has 0 saturated carbocycles. The van der Waals surface area contributed by atoms with Gasteiger partial charge in [0.1, 0.15) is 0 Å². The number of nitrogens with one attached hydrogen (secondary N) is 2. The molecule has 2 N–H and O–H groups in total. The first kappa shape index (κ1) is 19.2. The number of hydrogen-bond donors (Lipinski definition) is 2. The molecule has 2 rings (SSSR count). The summed E-state index contributed by atoms with van der Waals surface area (Å²) in [4.78, 5) is 2.44. The molecular weight excluding hydrogens is 318 g/mol. The summed E-state index contributed by atoms with van der Waals surface area (Å²) in [7, 11) is 0. The van der Waals surface area contributed by atoms with E-state index >= 15 is 0 Å². The van der Waals surface area contributed by atoms with Gasteiger partial charge in [0.15, 0.2) is 5.11 Å². The predicted octanol–water partition coefficient (Wildman–Crippen LogP) is 3.43. The molecular formula is C19H31N3OS. The summed E-state index contributed by atoms with van der Waals surface area (Å²) in [6.07, 6.45) is 6.10. The average molecular weight is 350 g/mol. The van der Waals surface area contributed by atoms with E-state index in [0.717, 1.165) is 51.5 Å². The topological polar surface area (TPSA) is 36.5 Å². The molecule has 1 aliphatic heterocycles. The Labute approximate surface area is 152 Å². The van der Waals surface area contributed by atoms with E-state index in [4.69, 9.17) is 17.0 Å². The summed E-state index contributed by atoms with van der Waals surface area (Å²) < 4.78 is 5.36. The molecule has 1 fully saturated rings. The Kier molecular flexibility index (Phi) is 9.10. The van der Waals surface area contributed by atoms with Crippen molar-refractivity contribution in [2.75, 3.05) is 44.7 Å². The van der Waals surface area contributed by atoms with E-state index in [2.05, 4.69) is 46.7 Å². The predicted molar refractivity (Wildman–Crippen MR) is 106 cm³/mol. The number of anilines is 1. The minimum Gasteiger partial charge on any atom is -0.379 e. The lowest BCUT2D eigenvalue weighted by molar-refractivity contribution is 0.0376. The number of ether oxygens (including phenoxy) is 1. The Morgan fingerprint density at radius 2 is 1.88 bits per heavy atom. The number of aryl methyl sites for hydroxylation is 1. The molecule has 0 unspecified atom stereocenters. The van der Waals surface area contributed by atoms with Gasteiger partial charge in [-0.25, -0.2) is 0 Å². The third-order valence-electron chi connectivity index (χ3n) is 4.32. The maximum atomic E-state index is 5.37. The zero-order chi connectivity index (χ0) is 17.0. The van der Waals surface area contributed by atoms with Crippen LogP contribution >= 0.6 is 12.2 Å². The van der Waals surface area contributed by atoms with Crippen LogP contribution in [0.3, 0.4) is 0 Å². The fourth-order valence-corrected chi connectivity index (χ4v) is 3.06. The highest BCUT2D eigenvalue weighted by molar-refractivity contribution is 7.80. The molecule has 0 atom stereocenters. The fraction of sp³-hybridized carbons (Fsp3) is 0.632. The molecule has 1 aliphatic rings. The second-order valence-corrected chi connectivity index (χ2v) is 6.75. The van der Waals surface area contributed by atoms with Gasteiger partial charge in [-0.1, -0.05) is 31.9 Å². The lowest BCUT2D eigenvalue weighted by atomic mass is 10.1. The van der Waals surface area contributed by atoms with E-state index in [-0.39, 0.29) is 0 Å². The molecule has 0 aliphatic carbocycles. The molecule has 5 heteroatoms. The number of rotatable bonds is 9. The quantitative estimate of drug-likeness (QED) is 0.528. The number of unbranched alkanes of at least 4 members (excludes halogenated alkanes) is 2. The molecule has 0 amide bonds. The SMILES string of the molecule is CCCCCc1ccc(NC(=S)NCCCN2CCOCC2)cc1. The van der Waals surface area contributed by atoms with Crippen LogP contribution in [0, 0.1) is 0 Å². The van der Waals surface area contributed by atoms with Gasteiger partial charge in [-0.15, -0.1) is 0 Å². The second-order valence-electron chi connectivity index (χ2n) is 6.34. The van der Waals surface area contributed by atoms with Crippen LogP contribution < -0.4 is 10.6 Å². The van der Waals surface area contributed by atoms with Gasteiger partial charge >= 0.3 is 0 Å². The number of benzene rings is 1. The molecule has 134 valence electrons. The van der Waals surface area contributed by atoms with Gasteiger partial charge in [0.2, 0.25) is 0 Å². The zero-order valence-electron chi connectivity index (χ0n) is 14.9. The summed E-state index contributed by atoms with van der Waals surface area (Å²) in [5, 5.41) is 7.26. The summed E-state index contributed by atoms with van der Waals surface area (Å²) in [6, 6.07) is 8.62. The van der Waals surface area contributed by atoms with Crippen molar-refractivity contribution in [2.45, 2.75) is 39.0 Å². The third-order valence-corrected chi connectivity index (χ3v) is 4.57.